The fourth-order valence-corrected chi connectivity index (χ4v) is 2.73. The van der Waals surface area contributed by atoms with Gasteiger partial charge in [0.1, 0.15) is 11.3 Å². The molecule has 0 fully saturated rings. The third kappa shape index (κ3) is 3.28. The summed E-state index contributed by atoms with van der Waals surface area (Å²) in [6.07, 6.45) is 0. The number of hydrogen-bond donors (Lipinski definition) is 3. The van der Waals surface area contributed by atoms with Gasteiger partial charge < -0.3 is 16.2 Å². The molecule has 1 aromatic heterocycles. The van der Waals surface area contributed by atoms with Crippen LogP contribution in [0.4, 0.5) is 5.69 Å². The Kier molecular flexibility index (Phi) is 4.35. The number of fused-ring (bicyclic) bond motifs is 1. The average molecular weight is 335 g/mol. The van der Waals surface area contributed by atoms with E-state index in [9.17, 15) is 14.7 Å². The van der Waals surface area contributed by atoms with E-state index in [1.54, 1.807) is 6.07 Å². The monoisotopic (exact) mass is 335 g/mol. The van der Waals surface area contributed by atoms with E-state index >= 15 is 0 Å². The zero-order valence-electron chi connectivity index (χ0n) is 13.6. The Bertz CT molecular complexity index is 969. The lowest BCUT2D eigenvalue weighted by Gasteiger charge is -2.15. The maximum Gasteiger partial charge on any atom is 0.340 e. The standard InChI is InChI=1S/C19H17N3O3/c1-11-7-8-14-13(9-11)16(21-10-12-5-3-2-4-6-12)15(19(24)25)17(22-14)18(20)23/h2-9H,10H2,1H3,(H2,20,23)(H,21,22)(H,24,25). The van der Waals surface area contributed by atoms with Crippen molar-refractivity contribution >= 4 is 28.5 Å². The number of aromatic nitrogens is 1. The highest BCUT2D eigenvalue weighted by molar-refractivity contribution is 6.12. The van der Waals surface area contributed by atoms with Gasteiger partial charge in [0.05, 0.1) is 11.2 Å². The molecule has 25 heavy (non-hydrogen) atoms. The Morgan fingerprint density at radius 2 is 1.88 bits per heavy atom. The number of carboxylic acid groups (broad SMARTS) is 1. The second-order valence-corrected chi connectivity index (χ2v) is 5.74. The Balaban J connectivity index is 2.21. The van der Waals surface area contributed by atoms with Gasteiger partial charge in [0.2, 0.25) is 0 Å². The zero-order valence-corrected chi connectivity index (χ0v) is 13.6. The van der Waals surface area contributed by atoms with Crippen LogP contribution < -0.4 is 11.1 Å². The van der Waals surface area contributed by atoms with Crippen molar-refractivity contribution in [3.8, 4) is 0 Å². The fourth-order valence-electron chi connectivity index (χ4n) is 2.73. The van der Waals surface area contributed by atoms with Crippen LogP contribution in [0.15, 0.2) is 48.5 Å². The van der Waals surface area contributed by atoms with Gasteiger partial charge in [0, 0.05) is 11.9 Å². The Labute approximate surface area is 144 Å². The molecule has 4 N–H and O–H groups in total. The van der Waals surface area contributed by atoms with Crippen molar-refractivity contribution < 1.29 is 14.7 Å². The Morgan fingerprint density at radius 3 is 2.52 bits per heavy atom. The molecule has 0 atom stereocenters. The minimum Gasteiger partial charge on any atom is -0.478 e. The number of pyridine rings is 1. The minimum absolute atomic E-state index is 0.207. The summed E-state index contributed by atoms with van der Waals surface area (Å²) in [6.45, 7) is 2.31. The molecule has 0 aliphatic carbocycles. The number of nitrogens with one attached hydrogen (secondary N) is 1. The summed E-state index contributed by atoms with van der Waals surface area (Å²) in [5, 5.41) is 13.4. The molecule has 0 unspecified atom stereocenters. The number of aryl methyl sites for hydroxylation is 1. The van der Waals surface area contributed by atoms with Crippen LogP contribution in [0.25, 0.3) is 10.9 Å². The first kappa shape index (κ1) is 16.4. The number of carbonyl (C=O) groups is 2. The number of anilines is 1. The van der Waals surface area contributed by atoms with Crippen molar-refractivity contribution in [1.82, 2.24) is 4.98 Å². The molecule has 0 radical (unpaired) electrons. The summed E-state index contributed by atoms with van der Waals surface area (Å²) in [4.78, 5) is 27.7. The second kappa shape index (κ2) is 6.60. The van der Waals surface area contributed by atoms with Gasteiger partial charge in [-0.1, -0.05) is 42.0 Å². The molecule has 3 aromatic rings. The summed E-state index contributed by atoms with van der Waals surface area (Å²) < 4.78 is 0. The van der Waals surface area contributed by atoms with Gasteiger partial charge in [-0.3, -0.25) is 4.79 Å². The number of hydrogen-bond acceptors (Lipinski definition) is 4. The van der Waals surface area contributed by atoms with Gasteiger partial charge >= 0.3 is 5.97 Å². The van der Waals surface area contributed by atoms with Gasteiger partial charge in [-0.05, 0) is 24.6 Å². The largest absolute Gasteiger partial charge is 0.478 e. The molecule has 126 valence electrons. The SMILES string of the molecule is Cc1ccc2nc(C(N)=O)c(C(=O)O)c(NCc3ccccc3)c2c1. The lowest BCUT2D eigenvalue weighted by atomic mass is 10.0. The van der Waals surface area contributed by atoms with Gasteiger partial charge in [0.25, 0.3) is 5.91 Å². The van der Waals surface area contributed by atoms with E-state index < -0.39 is 11.9 Å². The van der Waals surface area contributed by atoms with Crippen LogP contribution >= 0.6 is 0 Å². The summed E-state index contributed by atoms with van der Waals surface area (Å²) in [5.74, 6) is -2.12. The molecule has 3 rings (SSSR count). The molecular formula is C19H17N3O3. The number of carbonyl (C=O) groups excluding carboxylic acids is 1. The molecule has 1 amide bonds. The second-order valence-electron chi connectivity index (χ2n) is 5.74. The van der Waals surface area contributed by atoms with Crippen LogP contribution in [-0.4, -0.2) is 22.0 Å². The van der Waals surface area contributed by atoms with E-state index in [-0.39, 0.29) is 11.3 Å². The van der Waals surface area contributed by atoms with Crippen LogP contribution in [0, 0.1) is 6.92 Å². The van der Waals surface area contributed by atoms with Crippen molar-refractivity contribution in [3.63, 3.8) is 0 Å². The molecule has 2 aromatic carbocycles. The number of carboxylic acids is 1. The summed E-state index contributed by atoms with van der Waals surface area (Å²) in [7, 11) is 0. The predicted molar refractivity (Wildman–Crippen MR) is 95.7 cm³/mol. The Morgan fingerprint density at radius 1 is 1.16 bits per heavy atom. The van der Waals surface area contributed by atoms with Crippen LogP contribution in [0.1, 0.15) is 32.0 Å². The molecular weight excluding hydrogens is 318 g/mol. The first-order chi connectivity index (χ1) is 12.0. The number of nitrogens with zero attached hydrogens (tertiary/aromatic N) is 1. The zero-order chi connectivity index (χ0) is 18.0. The van der Waals surface area contributed by atoms with Crippen molar-refractivity contribution in [2.24, 2.45) is 5.73 Å². The third-order valence-corrected chi connectivity index (χ3v) is 3.90. The predicted octanol–water partition coefficient (Wildman–Crippen LogP) is 2.95. The van der Waals surface area contributed by atoms with Gasteiger partial charge in [-0.2, -0.15) is 0 Å². The van der Waals surface area contributed by atoms with Gasteiger partial charge in [-0.25, -0.2) is 9.78 Å². The van der Waals surface area contributed by atoms with E-state index in [1.165, 1.54) is 0 Å². The molecule has 0 spiro atoms. The van der Waals surface area contributed by atoms with Crippen LogP contribution in [0.2, 0.25) is 0 Å². The number of amides is 1. The molecule has 0 aliphatic heterocycles. The fraction of sp³-hybridized carbons (Fsp3) is 0.105. The van der Waals surface area contributed by atoms with Crippen molar-refractivity contribution in [2.75, 3.05) is 5.32 Å². The number of rotatable bonds is 5. The van der Waals surface area contributed by atoms with Crippen LogP contribution in [0.5, 0.6) is 0 Å². The van der Waals surface area contributed by atoms with Crippen molar-refractivity contribution in [3.05, 3.63) is 70.9 Å². The maximum atomic E-state index is 11.8. The smallest absolute Gasteiger partial charge is 0.340 e. The van der Waals surface area contributed by atoms with Crippen molar-refractivity contribution in [2.45, 2.75) is 13.5 Å². The van der Waals surface area contributed by atoms with E-state index in [2.05, 4.69) is 10.3 Å². The highest BCUT2D eigenvalue weighted by atomic mass is 16.4. The molecule has 6 nitrogen and oxygen atoms in total. The average Bonchev–Trinajstić information content (AvgIpc) is 2.59. The maximum absolute atomic E-state index is 11.8. The number of nitrogens with two attached hydrogens (primary N) is 1. The summed E-state index contributed by atoms with van der Waals surface area (Å²) >= 11 is 0. The molecule has 6 heteroatoms. The summed E-state index contributed by atoms with van der Waals surface area (Å²) in [6, 6.07) is 15.0. The van der Waals surface area contributed by atoms with E-state index in [1.807, 2.05) is 49.4 Å². The van der Waals surface area contributed by atoms with E-state index in [0.29, 0.717) is 23.1 Å². The number of primary amides is 1. The highest BCUT2D eigenvalue weighted by Gasteiger charge is 2.23. The lowest BCUT2D eigenvalue weighted by molar-refractivity contribution is 0.0692. The molecule has 0 saturated heterocycles. The van der Waals surface area contributed by atoms with Crippen LogP contribution in [-0.2, 0) is 6.54 Å². The normalized spacial score (nSPS) is 10.6. The summed E-state index contributed by atoms with van der Waals surface area (Å²) in [5.41, 5.74) is 7.70. The molecule has 0 saturated carbocycles. The topological polar surface area (TPSA) is 105 Å². The quantitative estimate of drug-likeness (QED) is 0.665. The molecule has 1 heterocycles. The van der Waals surface area contributed by atoms with E-state index in [4.69, 9.17) is 5.73 Å². The number of aromatic carboxylic acids is 1. The third-order valence-electron chi connectivity index (χ3n) is 3.90. The van der Waals surface area contributed by atoms with Gasteiger partial charge in [0.15, 0.2) is 0 Å². The first-order valence-electron chi connectivity index (χ1n) is 7.72. The lowest BCUT2D eigenvalue weighted by Crippen LogP contribution is -2.20. The van der Waals surface area contributed by atoms with Gasteiger partial charge in [-0.15, -0.1) is 0 Å². The number of benzene rings is 2. The first-order valence-corrected chi connectivity index (χ1v) is 7.72. The Hall–Kier alpha value is -3.41. The molecule has 0 aliphatic rings. The van der Waals surface area contributed by atoms with Crippen LogP contribution in [0.3, 0.4) is 0 Å². The minimum atomic E-state index is -1.25. The van der Waals surface area contributed by atoms with Crippen molar-refractivity contribution in [1.29, 1.82) is 0 Å². The molecule has 0 bridgehead atoms. The van der Waals surface area contributed by atoms with E-state index in [0.717, 1.165) is 11.1 Å². The highest BCUT2D eigenvalue weighted by Crippen LogP contribution is 2.30.